The molecular formula is C21H16Cl3N5O3. The molecule has 0 spiro atoms. The molecule has 0 saturated carbocycles. The summed E-state index contributed by atoms with van der Waals surface area (Å²) < 4.78 is 14.2. The topological polar surface area (TPSA) is 83.2 Å². The molecular weight excluding hydrogens is 477 g/mol. The molecule has 0 aliphatic rings. The first-order valence-electron chi connectivity index (χ1n) is 9.30. The quantitative estimate of drug-likeness (QED) is 0.358. The molecule has 0 aliphatic carbocycles. The van der Waals surface area contributed by atoms with E-state index in [1.165, 1.54) is 15.6 Å². The third kappa shape index (κ3) is 5.53. The highest BCUT2D eigenvalue weighted by Crippen LogP contribution is 2.31. The molecule has 0 fully saturated rings. The minimum atomic E-state index is -0.389. The lowest BCUT2D eigenvalue weighted by Crippen LogP contribution is -2.14. The first-order chi connectivity index (χ1) is 15.5. The van der Waals surface area contributed by atoms with E-state index in [1.807, 2.05) is 0 Å². The number of nitrogens with zero attached hydrogens (tertiary/aromatic N) is 4. The van der Waals surface area contributed by atoms with Crippen LogP contribution in [0.3, 0.4) is 0 Å². The van der Waals surface area contributed by atoms with Gasteiger partial charge in [0, 0.05) is 11.2 Å². The van der Waals surface area contributed by atoms with Crippen molar-refractivity contribution in [3.63, 3.8) is 0 Å². The third-order valence-corrected chi connectivity index (χ3v) is 5.23. The molecule has 4 rings (SSSR count). The molecule has 8 nitrogen and oxygen atoms in total. The summed E-state index contributed by atoms with van der Waals surface area (Å²) in [5, 5.41) is 12.4. The Morgan fingerprint density at radius 2 is 1.81 bits per heavy atom. The Morgan fingerprint density at radius 3 is 2.66 bits per heavy atom. The van der Waals surface area contributed by atoms with Crippen LogP contribution in [0.1, 0.15) is 10.5 Å². The summed E-state index contributed by atoms with van der Waals surface area (Å²) in [5.74, 6) is 0.651. The number of benzene rings is 2. The molecule has 2 aromatic heterocycles. The van der Waals surface area contributed by atoms with E-state index in [-0.39, 0.29) is 25.1 Å². The van der Waals surface area contributed by atoms with Crippen molar-refractivity contribution >= 4 is 46.4 Å². The van der Waals surface area contributed by atoms with Gasteiger partial charge in [0.2, 0.25) is 0 Å². The fourth-order valence-electron chi connectivity index (χ4n) is 2.68. The fraction of sp³-hybridized carbons (Fsp3) is 0.0952. The van der Waals surface area contributed by atoms with Crippen LogP contribution in [0.5, 0.6) is 11.5 Å². The number of nitrogens with one attached hydrogen (secondary N) is 1. The van der Waals surface area contributed by atoms with Gasteiger partial charge in [-0.2, -0.15) is 10.2 Å². The second-order valence-corrected chi connectivity index (χ2v) is 7.74. The Kier molecular flexibility index (Phi) is 6.84. The third-order valence-electron chi connectivity index (χ3n) is 4.19. The number of rotatable bonds is 8. The normalized spacial score (nSPS) is 10.7. The monoisotopic (exact) mass is 491 g/mol. The molecule has 0 bridgehead atoms. The molecule has 0 aliphatic heterocycles. The summed E-state index contributed by atoms with van der Waals surface area (Å²) in [6.07, 6.45) is 4.78. The number of hydrogen-bond acceptors (Lipinski definition) is 5. The van der Waals surface area contributed by atoms with E-state index >= 15 is 0 Å². The maximum absolute atomic E-state index is 12.5. The second kappa shape index (κ2) is 9.95. The van der Waals surface area contributed by atoms with Crippen LogP contribution in [0, 0.1) is 0 Å². The average Bonchev–Trinajstić information content (AvgIpc) is 3.43. The first kappa shape index (κ1) is 22.0. The van der Waals surface area contributed by atoms with Crippen LogP contribution in [0.4, 0.5) is 5.69 Å². The lowest BCUT2D eigenvalue weighted by Gasteiger charge is -2.08. The van der Waals surface area contributed by atoms with Crippen LogP contribution in [0.25, 0.3) is 0 Å². The van der Waals surface area contributed by atoms with Gasteiger partial charge in [-0.25, -0.2) is 9.36 Å². The molecule has 11 heteroatoms. The molecule has 164 valence electrons. The minimum absolute atomic E-state index is 0.0616. The van der Waals surface area contributed by atoms with E-state index in [1.54, 1.807) is 60.9 Å². The zero-order valence-corrected chi connectivity index (χ0v) is 18.7. The standard InChI is InChI=1S/C21H16Cl3N5O3/c22-14-3-1-4-16(9-14)31-13-29-11-15(10-25-29)26-21(30)18-7-8-28(27-18)12-32-19-6-2-5-17(23)20(19)24/h1-11H,12-13H2,(H,26,30). The van der Waals surface area contributed by atoms with E-state index in [0.717, 1.165) is 0 Å². The Morgan fingerprint density at radius 1 is 1.00 bits per heavy atom. The number of halogens is 3. The van der Waals surface area contributed by atoms with Crippen LogP contribution in [0.15, 0.2) is 67.1 Å². The number of carbonyl (C=O) groups excluding carboxylic acids is 1. The molecule has 32 heavy (non-hydrogen) atoms. The van der Waals surface area contributed by atoms with Crippen molar-refractivity contribution in [2.45, 2.75) is 13.5 Å². The lowest BCUT2D eigenvalue weighted by molar-refractivity contribution is 0.102. The maximum atomic E-state index is 12.5. The SMILES string of the molecule is O=C(Nc1cnn(COc2cccc(Cl)c2)c1)c1ccn(COc2cccc(Cl)c2Cl)n1. The summed E-state index contributed by atoms with van der Waals surface area (Å²) in [6, 6.07) is 13.7. The highest BCUT2D eigenvalue weighted by molar-refractivity contribution is 6.42. The molecule has 1 amide bonds. The van der Waals surface area contributed by atoms with Crippen molar-refractivity contribution in [3.05, 3.63) is 87.9 Å². The van der Waals surface area contributed by atoms with Gasteiger partial charge < -0.3 is 14.8 Å². The molecule has 2 heterocycles. The van der Waals surface area contributed by atoms with Gasteiger partial charge in [0.25, 0.3) is 5.91 Å². The predicted octanol–water partition coefficient (Wildman–Crippen LogP) is 5.37. The number of anilines is 1. The molecule has 0 saturated heterocycles. The van der Waals surface area contributed by atoms with Crippen molar-refractivity contribution in [3.8, 4) is 11.5 Å². The highest BCUT2D eigenvalue weighted by atomic mass is 35.5. The van der Waals surface area contributed by atoms with Crippen molar-refractivity contribution in [2.24, 2.45) is 0 Å². The largest absolute Gasteiger partial charge is 0.471 e. The van der Waals surface area contributed by atoms with Crippen molar-refractivity contribution < 1.29 is 14.3 Å². The Hall–Kier alpha value is -3.20. The van der Waals surface area contributed by atoms with Crippen molar-refractivity contribution in [2.75, 3.05) is 5.32 Å². The molecule has 0 radical (unpaired) electrons. The number of ether oxygens (including phenoxy) is 2. The Balaban J connectivity index is 1.31. The van der Waals surface area contributed by atoms with E-state index in [9.17, 15) is 4.79 Å². The number of carbonyl (C=O) groups is 1. The maximum Gasteiger partial charge on any atom is 0.276 e. The first-order valence-corrected chi connectivity index (χ1v) is 10.4. The van der Waals surface area contributed by atoms with Gasteiger partial charge in [0.1, 0.15) is 16.5 Å². The van der Waals surface area contributed by atoms with Crippen LogP contribution >= 0.6 is 34.8 Å². The summed E-state index contributed by atoms with van der Waals surface area (Å²) >= 11 is 18.0. The van der Waals surface area contributed by atoms with Crippen molar-refractivity contribution in [1.82, 2.24) is 19.6 Å². The Labute approximate surface area is 198 Å². The molecule has 1 N–H and O–H groups in total. The number of hydrogen-bond donors (Lipinski definition) is 1. The van der Waals surface area contributed by atoms with Gasteiger partial charge in [0.15, 0.2) is 19.2 Å². The Bertz CT molecular complexity index is 1240. The summed E-state index contributed by atoms with van der Waals surface area (Å²) in [5.41, 5.74) is 0.718. The summed E-state index contributed by atoms with van der Waals surface area (Å²) in [6.45, 7) is 0.223. The van der Waals surface area contributed by atoms with Crippen LogP contribution in [0.2, 0.25) is 15.1 Å². The molecule has 4 aromatic rings. The van der Waals surface area contributed by atoms with Gasteiger partial charge in [-0.15, -0.1) is 0 Å². The predicted molar refractivity (Wildman–Crippen MR) is 122 cm³/mol. The van der Waals surface area contributed by atoms with Gasteiger partial charge in [0.05, 0.1) is 23.1 Å². The highest BCUT2D eigenvalue weighted by Gasteiger charge is 2.12. The van der Waals surface area contributed by atoms with E-state index in [4.69, 9.17) is 44.3 Å². The zero-order chi connectivity index (χ0) is 22.5. The molecule has 0 atom stereocenters. The van der Waals surface area contributed by atoms with Gasteiger partial charge in [-0.1, -0.05) is 46.9 Å². The van der Waals surface area contributed by atoms with E-state index in [0.29, 0.717) is 32.3 Å². The number of amides is 1. The zero-order valence-electron chi connectivity index (χ0n) is 16.4. The van der Waals surface area contributed by atoms with Crippen LogP contribution < -0.4 is 14.8 Å². The van der Waals surface area contributed by atoms with Crippen LogP contribution in [-0.2, 0) is 13.5 Å². The van der Waals surface area contributed by atoms with Crippen molar-refractivity contribution in [1.29, 1.82) is 0 Å². The minimum Gasteiger partial charge on any atom is -0.471 e. The second-order valence-electron chi connectivity index (χ2n) is 6.52. The van der Waals surface area contributed by atoms with E-state index in [2.05, 4.69) is 15.5 Å². The average molecular weight is 493 g/mol. The van der Waals surface area contributed by atoms with Gasteiger partial charge in [-0.3, -0.25) is 4.79 Å². The van der Waals surface area contributed by atoms with Gasteiger partial charge >= 0.3 is 0 Å². The fourth-order valence-corrected chi connectivity index (χ4v) is 3.20. The molecule has 2 aromatic carbocycles. The lowest BCUT2D eigenvalue weighted by atomic mass is 10.3. The van der Waals surface area contributed by atoms with Gasteiger partial charge in [-0.05, 0) is 36.4 Å². The summed E-state index contributed by atoms with van der Waals surface area (Å²) in [7, 11) is 0. The summed E-state index contributed by atoms with van der Waals surface area (Å²) in [4.78, 5) is 12.5. The number of aromatic nitrogens is 4. The van der Waals surface area contributed by atoms with Crippen LogP contribution in [-0.4, -0.2) is 25.5 Å². The molecule has 0 unspecified atom stereocenters. The van der Waals surface area contributed by atoms with E-state index < -0.39 is 0 Å². The smallest absolute Gasteiger partial charge is 0.276 e.